The van der Waals surface area contributed by atoms with E-state index in [4.69, 9.17) is 13.9 Å². The molecule has 0 aliphatic rings. The average molecular weight is 354 g/mol. The number of hydrogen-bond donors (Lipinski definition) is 1. The van der Waals surface area contributed by atoms with E-state index in [9.17, 15) is 19.5 Å². The highest BCUT2D eigenvalue weighted by Crippen LogP contribution is 2.35. The molecule has 0 saturated carbocycles. The first-order valence-electron chi connectivity index (χ1n) is 7.63. The Morgan fingerprint density at radius 2 is 1.65 bits per heavy atom. The summed E-state index contributed by atoms with van der Waals surface area (Å²) < 4.78 is 15.7. The number of benzene rings is 2. The molecule has 0 atom stereocenters. The van der Waals surface area contributed by atoms with E-state index in [1.807, 2.05) is 0 Å². The third kappa shape index (κ3) is 3.27. The third-order valence-corrected chi connectivity index (χ3v) is 3.45. The van der Waals surface area contributed by atoms with Gasteiger partial charge in [-0.15, -0.1) is 0 Å². The van der Waals surface area contributed by atoms with E-state index < -0.39 is 23.1 Å². The minimum atomic E-state index is -0.716. The second-order valence-electron chi connectivity index (χ2n) is 5.46. The number of carbonyl (C=O) groups is 2. The summed E-state index contributed by atoms with van der Waals surface area (Å²) in [6.07, 6.45) is 0. The van der Waals surface area contributed by atoms with Crippen LogP contribution in [0.3, 0.4) is 0 Å². The van der Waals surface area contributed by atoms with Crippen LogP contribution in [0.15, 0.2) is 51.7 Å². The van der Waals surface area contributed by atoms with Crippen LogP contribution in [0, 0.1) is 0 Å². The van der Waals surface area contributed by atoms with Gasteiger partial charge in [-0.1, -0.05) is 30.3 Å². The molecule has 0 fully saturated rings. The number of esters is 2. The molecule has 7 heteroatoms. The van der Waals surface area contributed by atoms with Gasteiger partial charge in [0.25, 0.3) is 0 Å². The highest BCUT2D eigenvalue weighted by Gasteiger charge is 2.22. The van der Waals surface area contributed by atoms with Gasteiger partial charge in [-0.05, 0) is 0 Å². The lowest BCUT2D eigenvalue weighted by Crippen LogP contribution is -2.13. The molecule has 1 heterocycles. The van der Waals surface area contributed by atoms with Crippen LogP contribution in [-0.2, 0) is 9.59 Å². The van der Waals surface area contributed by atoms with Crippen molar-refractivity contribution in [3.63, 3.8) is 0 Å². The van der Waals surface area contributed by atoms with Crippen LogP contribution < -0.4 is 14.9 Å². The van der Waals surface area contributed by atoms with Crippen LogP contribution >= 0.6 is 0 Å². The van der Waals surface area contributed by atoms with Crippen molar-refractivity contribution < 1.29 is 28.6 Å². The van der Waals surface area contributed by atoms with E-state index in [0.29, 0.717) is 5.56 Å². The van der Waals surface area contributed by atoms with Gasteiger partial charge in [-0.3, -0.25) is 14.4 Å². The second kappa shape index (κ2) is 6.72. The van der Waals surface area contributed by atoms with Crippen molar-refractivity contribution in [3.8, 4) is 28.6 Å². The Hall–Kier alpha value is -3.61. The first kappa shape index (κ1) is 17.2. The van der Waals surface area contributed by atoms with Gasteiger partial charge < -0.3 is 19.0 Å². The summed E-state index contributed by atoms with van der Waals surface area (Å²) in [6, 6.07) is 11.0. The number of aromatic hydroxyl groups is 1. The number of carbonyl (C=O) groups excluding carboxylic acids is 2. The van der Waals surface area contributed by atoms with E-state index in [0.717, 1.165) is 13.0 Å². The molecule has 1 aromatic heterocycles. The van der Waals surface area contributed by atoms with Crippen LogP contribution in [0.2, 0.25) is 0 Å². The van der Waals surface area contributed by atoms with Crippen LogP contribution in [0.4, 0.5) is 0 Å². The maximum absolute atomic E-state index is 12.8. The lowest BCUT2D eigenvalue weighted by Gasteiger charge is -2.11. The summed E-state index contributed by atoms with van der Waals surface area (Å²) in [5.74, 6) is -2.04. The fraction of sp³-hybridized carbons (Fsp3) is 0.105. The van der Waals surface area contributed by atoms with Crippen molar-refractivity contribution in [3.05, 3.63) is 52.7 Å². The van der Waals surface area contributed by atoms with Gasteiger partial charge in [-0.2, -0.15) is 0 Å². The molecule has 3 rings (SSSR count). The molecule has 0 spiro atoms. The van der Waals surface area contributed by atoms with Crippen molar-refractivity contribution in [2.24, 2.45) is 0 Å². The molecule has 132 valence electrons. The lowest BCUT2D eigenvalue weighted by molar-refractivity contribution is -0.132. The molecule has 0 saturated heterocycles. The maximum atomic E-state index is 12.8. The predicted octanol–water partition coefficient (Wildman–Crippen LogP) is 3.02. The zero-order valence-electron chi connectivity index (χ0n) is 13.9. The summed E-state index contributed by atoms with van der Waals surface area (Å²) in [6.45, 7) is 2.36. The Morgan fingerprint density at radius 3 is 2.27 bits per heavy atom. The minimum Gasteiger partial charge on any atom is -0.507 e. The van der Waals surface area contributed by atoms with Crippen molar-refractivity contribution >= 4 is 22.9 Å². The number of rotatable bonds is 3. The molecular formula is C19H14O7. The Labute approximate surface area is 147 Å². The Kier molecular flexibility index (Phi) is 4.45. The zero-order valence-corrected chi connectivity index (χ0v) is 13.9. The summed E-state index contributed by atoms with van der Waals surface area (Å²) >= 11 is 0. The van der Waals surface area contributed by atoms with Crippen molar-refractivity contribution in [1.82, 2.24) is 0 Å². The number of ether oxygens (including phenoxy) is 2. The lowest BCUT2D eigenvalue weighted by atomic mass is 10.1. The fourth-order valence-electron chi connectivity index (χ4n) is 2.50. The second-order valence-corrected chi connectivity index (χ2v) is 5.46. The third-order valence-electron chi connectivity index (χ3n) is 3.45. The molecule has 3 aromatic rings. The van der Waals surface area contributed by atoms with E-state index >= 15 is 0 Å². The molecule has 0 aliphatic carbocycles. The van der Waals surface area contributed by atoms with Gasteiger partial charge in [0, 0.05) is 31.5 Å². The number of phenols is 1. The predicted molar refractivity (Wildman–Crippen MR) is 92.2 cm³/mol. The standard InChI is InChI=1S/C19H14O7/c1-10(20)24-13-8-14(22)16-15(9-13)26-18(12-6-4-3-5-7-12)19(17(16)23)25-11(2)21/h3-9,22H,1-2H3. The number of hydrogen-bond acceptors (Lipinski definition) is 7. The average Bonchev–Trinajstić information content (AvgIpc) is 2.56. The van der Waals surface area contributed by atoms with Gasteiger partial charge in [0.15, 0.2) is 5.76 Å². The van der Waals surface area contributed by atoms with Gasteiger partial charge >= 0.3 is 11.9 Å². The van der Waals surface area contributed by atoms with E-state index in [1.54, 1.807) is 30.3 Å². The maximum Gasteiger partial charge on any atom is 0.308 e. The molecule has 0 amide bonds. The minimum absolute atomic E-state index is 0.0130. The van der Waals surface area contributed by atoms with Crippen molar-refractivity contribution in [1.29, 1.82) is 0 Å². The van der Waals surface area contributed by atoms with Crippen molar-refractivity contribution in [2.45, 2.75) is 13.8 Å². The van der Waals surface area contributed by atoms with E-state index in [1.165, 1.54) is 13.0 Å². The van der Waals surface area contributed by atoms with Crippen LogP contribution in [-0.4, -0.2) is 17.0 Å². The molecular weight excluding hydrogens is 340 g/mol. The highest BCUT2D eigenvalue weighted by molar-refractivity contribution is 5.89. The van der Waals surface area contributed by atoms with E-state index in [2.05, 4.69) is 0 Å². The summed E-state index contributed by atoms with van der Waals surface area (Å²) in [4.78, 5) is 35.4. The molecule has 0 aliphatic heterocycles. The van der Waals surface area contributed by atoms with Gasteiger partial charge in [0.1, 0.15) is 22.5 Å². The summed E-state index contributed by atoms with van der Waals surface area (Å²) in [7, 11) is 0. The van der Waals surface area contributed by atoms with Gasteiger partial charge in [0.05, 0.1) is 0 Å². The van der Waals surface area contributed by atoms with Gasteiger partial charge in [-0.25, -0.2) is 0 Å². The first-order valence-corrected chi connectivity index (χ1v) is 7.63. The van der Waals surface area contributed by atoms with Crippen molar-refractivity contribution in [2.75, 3.05) is 0 Å². The highest BCUT2D eigenvalue weighted by atomic mass is 16.5. The van der Waals surface area contributed by atoms with Crippen LogP contribution in [0.1, 0.15) is 13.8 Å². The molecule has 7 nitrogen and oxygen atoms in total. The normalized spacial score (nSPS) is 10.5. The molecule has 0 radical (unpaired) electrons. The summed E-state index contributed by atoms with van der Waals surface area (Å²) in [5, 5.41) is 9.99. The smallest absolute Gasteiger partial charge is 0.308 e. The zero-order chi connectivity index (χ0) is 18.8. The molecule has 1 N–H and O–H groups in total. The number of fused-ring (bicyclic) bond motifs is 1. The van der Waals surface area contributed by atoms with Gasteiger partial charge in [0.2, 0.25) is 11.2 Å². The molecule has 2 aromatic carbocycles. The summed E-state index contributed by atoms with van der Waals surface area (Å²) in [5.41, 5.74) is -0.228. The topological polar surface area (TPSA) is 103 Å². The number of phenolic OH excluding ortho intramolecular Hbond substituents is 1. The Bertz CT molecular complexity index is 1060. The van der Waals surface area contributed by atoms with Crippen LogP contribution in [0.5, 0.6) is 17.2 Å². The largest absolute Gasteiger partial charge is 0.507 e. The molecule has 26 heavy (non-hydrogen) atoms. The quantitative estimate of drug-likeness (QED) is 0.569. The van der Waals surface area contributed by atoms with Crippen LogP contribution in [0.25, 0.3) is 22.3 Å². The molecule has 0 unspecified atom stereocenters. The first-order chi connectivity index (χ1) is 12.4. The molecule has 0 bridgehead atoms. The Morgan fingerprint density at radius 1 is 1.00 bits per heavy atom. The monoisotopic (exact) mass is 354 g/mol. The van der Waals surface area contributed by atoms with E-state index in [-0.39, 0.29) is 28.2 Å². The SMILES string of the molecule is CC(=O)Oc1cc(O)c2c(=O)c(OC(C)=O)c(-c3ccccc3)oc2c1. The fourth-order valence-corrected chi connectivity index (χ4v) is 2.50. The Balaban J connectivity index is 2.35.